The van der Waals surface area contributed by atoms with E-state index in [0.29, 0.717) is 37.9 Å². The molecule has 1 aliphatic heterocycles. The van der Waals surface area contributed by atoms with E-state index < -0.39 is 5.60 Å². The van der Waals surface area contributed by atoms with Crippen molar-refractivity contribution in [3.63, 3.8) is 0 Å². The van der Waals surface area contributed by atoms with Crippen LogP contribution in [-0.4, -0.2) is 34.6 Å². The summed E-state index contributed by atoms with van der Waals surface area (Å²) in [5.74, 6) is 0.0271. The Balaban J connectivity index is 1.64. The molecule has 23 heavy (non-hydrogen) atoms. The van der Waals surface area contributed by atoms with Gasteiger partial charge in [0.05, 0.1) is 11.2 Å². The maximum absolute atomic E-state index is 12.6. The third-order valence-electron chi connectivity index (χ3n) is 4.46. The number of amides is 1. The van der Waals surface area contributed by atoms with E-state index in [1.54, 1.807) is 0 Å². The Bertz CT molecular complexity index is 679. The van der Waals surface area contributed by atoms with Gasteiger partial charge >= 0.3 is 0 Å². The summed E-state index contributed by atoms with van der Waals surface area (Å²) in [5.41, 5.74) is 1.10. The predicted octanol–water partition coefficient (Wildman–Crippen LogP) is 3.66. The summed E-state index contributed by atoms with van der Waals surface area (Å²) in [6, 6.07) is 17.5. The summed E-state index contributed by atoms with van der Waals surface area (Å²) in [6.07, 6.45) is 1.86. The quantitative estimate of drug-likeness (QED) is 0.891. The van der Waals surface area contributed by atoms with E-state index in [2.05, 4.69) is 15.9 Å². The Morgan fingerprint density at radius 1 is 1.04 bits per heavy atom. The van der Waals surface area contributed by atoms with Crippen molar-refractivity contribution >= 4 is 21.8 Å². The molecule has 0 bridgehead atoms. The summed E-state index contributed by atoms with van der Waals surface area (Å²) in [6.45, 7) is 1.17. The van der Waals surface area contributed by atoms with Crippen LogP contribution in [0.2, 0.25) is 0 Å². The molecule has 3 rings (SSSR count). The van der Waals surface area contributed by atoms with Crippen LogP contribution in [0.1, 0.15) is 28.8 Å². The maximum Gasteiger partial charge on any atom is 0.255 e. The van der Waals surface area contributed by atoms with Gasteiger partial charge in [0.25, 0.3) is 5.91 Å². The van der Waals surface area contributed by atoms with Gasteiger partial charge in [0.1, 0.15) is 0 Å². The lowest BCUT2D eigenvalue weighted by Gasteiger charge is -2.38. The van der Waals surface area contributed by atoms with Crippen molar-refractivity contribution in [3.8, 4) is 0 Å². The van der Waals surface area contributed by atoms with Crippen LogP contribution >= 0.6 is 15.9 Å². The van der Waals surface area contributed by atoms with Crippen molar-refractivity contribution in [2.75, 3.05) is 13.1 Å². The lowest BCUT2D eigenvalue weighted by molar-refractivity contribution is -0.0162. The van der Waals surface area contributed by atoms with Gasteiger partial charge in [0.15, 0.2) is 0 Å². The minimum atomic E-state index is -0.716. The molecule has 2 aromatic carbocycles. The SMILES string of the molecule is O=C(c1ccccc1Br)N1CCC(O)(Cc2ccccc2)CC1. The standard InChI is InChI=1S/C19H20BrNO2/c20-17-9-5-4-8-16(17)18(22)21-12-10-19(23,11-13-21)14-15-6-2-1-3-7-15/h1-9,23H,10-14H2. The van der Waals surface area contributed by atoms with Crippen molar-refractivity contribution in [1.29, 1.82) is 0 Å². The fraction of sp³-hybridized carbons (Fsp3) is 0.316. The zero-order valence-electron chi connectivity index (χ0n) is 12.9. The van der Waals surface area contributed by atoms with E-state index in [4.69, 9.17) is 0 Å². The molecule has 1 heterocycles. The first-order valence-electron chi connectivity index (χ1n) is 7.88. The highest BCUT2D eigenvalue weighted by atomic mass is 79.9. The molecule has 0 saturated carbocycles. The molecule has 0 spiro atoms. The smallest absolute Gasteiger partial charge is 0.255 e. The molecule has 1 fully saturated rings. The van der Waals surface area contributed by atoms with Crippen LogP contribution in [0.5, 0.6) is 0 Å². The number of benzene rings is 2. The second kappa shape index (κ2) is 6.85. The lowest BCUT2D eigenvalue weighted by Crippen LogP contribution is -2.47. The molecule has 1 N–H and O–H groups in total. The Morgan fingerprint density at radius 2 is 1.65 bits per heavy atom. The number of likely N-dealkylation sites (tertiary alicyclic amines) is 1. The van der Waals surface area contributed by atoms with Gasteiger partial charge in [-0.3, -0.25) is 4.79 Å². The van der Waals surface area contributed by atoms with Gasteiger partial charge in [-0.05, 0) is 46.5 Å². The van der Waals surface area contributed by atoms with E-state index in [1.165, 1.54) is 0 Å². The van der Waals surface area contributed by atoms with E-state index in [1.807, 2.05) is 59.5 Å². The Kier molecular flexibility index (Phi) is 4.83. The monoisotopic (exact) mass is 373 g/mol. The van der Waals surface area contributed by atoms with E-state index in [-0.39, 0.29) is 5.91 Å². The fourth-order valence-corrected chi connectivity index (χ4v) is 3.54. The molecule has 120 valence electrons. The van der Waals surface area contributed by atoms with Gasteiger partial charge in [-0.2, -0.15) is 0 Å². The number of piperidine rings is 1. The molecule has 1 saturated heterocycles. The molecule has 0 aromatic heterocycles. The van der Waals surface area contributed by atoms with Crippen molar-refractivity contribution in [1.82, 2.24) is 4.90 Å². The van der Waals surface area contributed by atoms with Gasteiger partial charge in [0.2, 0.25) is 0 Å². The molecule has 0 unspecified atom stereocenters. The second-order valence-electron chi connectivity index (χ2n) is 6.16. The van der Waals surface area contributed by atoms with Gasteiger partial charge in [0, 0.05) is 24.0 Å². The molecular formula is C19H20BrNO2. The molecular weight excluding hydrogens is 354 g/mol. The minimum Gasteiger partial charge on any atom is -0.389 e. The Labute approximate surface area is 145 Å². The molecule has 1 amide bonds. The second-order valence-corrected chi connectivity index (χ2v) is 7.01. The normalized spacial score (nSPS) is 17.0. The van der Waals surface area contributed by atoms with Crippen molar-refractivity contribution in [3.05, 3.63) is 70.2 Å². The molecule has 3 nitrogen and oxygen atoms in total. The summed E-state index contributed by atoms with van der Waals surface area (Å²) in [5, 5.41) is 10.8. The number of carbonyl (C=O) groups is 1. The van der Waals surface area contributed by atoms with Crippen LogP contribution in [0.4, 0.5) is 0 Å². The number of carbonyl (C=O) groups excluding carboxylic acids is 1. The van der Waals surface area contributed by atoms with Gasteiger partial charge < -0.3 is 10.0 Å². The van der Waals surface area contributed by atoms with Gasteiger partial charge in [-0.1, -0.05) is 42.5 Å². The van der Waals surface area contributed by atoms with Crippen LogP contribution in [-0.2, 0) is 6.42 Å². The number of nitrogens with zero attached hydrogens (tertiary/aromatic N) is 1. The largest absolute Gasteiger partial charge is 0.389 e. The van der Waals surface area contributed by atoms with Crippen molar-refractivity contribution in [2.24, 2.45) is 0 Å². The van der Waals surface area contributed by atoms with E-state index >= 15 is 0 Å². The third kappa shape index (κ3) is 3.82. The zero-order valence-corrected chi connectivity index (χ0v) is 14.5. The average molecular weight is 374 g/mol. The van der Waals surface area contributed by atoms with E-state index in [0.717, 1.165) is 10.0 Å². The maximum atomic E-state index is 12.6. The van der Waals surface area contributed by atoms with Crippen LogP contribution in [0.15, 0.2) is 59.1 Å². The number of hydrogen-bond donors (Lipinski definition) is 1. The van der Waals surface area contributed by atoms with Crippen LogP contribution < -0.4 is 0 Å². The number of rotatable bonds is 3. The first kappa shape index (κ1) is 16.2. The molecule has 4 heteroatoms. The summed E-state index contributed by atoms with van der Waals surface area (Å²) >= 11 is 3.43. The number of halogens is 1. The van der Waals surface area contributed by atoms with Crippen LogP contribution in [0.3, 0.4) is 0 Å². The van der Waals surface area contributed by atoms with Crippen LogP contribution in [0.25, 0.3) is 0 Å². The molecule has 1 aliphatic rings. The van der Waals surface area contributed by atoms with E-state index in [9.17, 15) is 9.90 Å². The highest BCUT2D eigenvalue weighted by molar-refractivity contribution is 9.10. The Morgan fingerprint density at radius 3 is 2.30 bits per heavy atom. The highest BCUT2D eigenvalue weighted by Gasteiger charge is 2.34. The average Bonchev–Trinajstić information content (AvgIpc) is 2.56. The predicted molar refractivity (Wildman–Crippen MR) is 94.4 cm³/mol. The van der Waals surface area contributed by atoms with Crippen molar-refractivity contribution in [2.45, 2.75) is 24.9 Å². The van der Waals surface area contributed by atoms with Gasteiger partial charge in [-0.15, -0.1) is 0 Å². The first-order chi connectivity index (χ1) is 11.1. The third-order valence-corrected chi connectivity index (χ3v) is 5.15. The molecule has 0 atom stereocenters. The van der Waals surface area contributed by atoms with Gasteiger partial charge in [-0.25, -0.2) is 0 Å². The minimum absolute atomic E-state index is 0.0271. The first-order valence-corrected chi connectivity index (χ1v) is 8.67. The Hall–Kier alpha value is -1.65. The molecule has 2 aromatic rings. The highest BCUT2D eigenvalue weighted by Crippen LogP contribution is 2.28. The number of hydrogen-bond acceptors (Lipinski definition) is 2. The summed E-state index contributed by atoms with van der Waals surface area (Å²) in [4.78, 5) is 14.4. The fourth-order valence-electron chi connectivity index (χ4n) is 3.08. The van der Waals surface area contributed by atoms with Crippen molar-refractivity contribution < 1.29 is 9.90 Å². The number of aliphatic hydroxyl groups is 1. The molecule has 0 radical (unpaired) electrons. The summed E-state index contributed by atoms with van der Waals surface area (Å²) in [7, 11) is 0. The van der Waals surface area contributed by atoms with Crippen LogP contribution in [0, 0.1) is 0 Å². The topological polar surface area (TPSA) is 40.5 Å². The molecule has 0 aliphatic carbocycles. The summed E-state index contributed by atoms with van der Waals surface area (Å²) < 4.78 is 0.815. The lowest BCUT2D eigenvalue weighted by atomic mass is 9.85. The zero-order chi connectivity index (χ0) is 16.3.